The summed E-state index contributed by atoms with van der Waals surface area (Å²) in [5.41, 5.74) is -0.240. The zero-order chi connectivity index (χ0) is 19.1. The molecule has 2 aliphatic rings. The molecule has 0 saturated heterocycles. The van der Waals surface area contributed by atoms with Crippen molar-refractivity contribution in [2.24, 2.45) is 5.92 Å². The first-order valence-corrected chi connectivity index (χ1v) is 9.66. The summed E-state index contributed by atoms with van der Waals surface area (Å²) >= 11 is 1.37. The molecule has 27 heavy (non-hydrogen) atoms. The van der Waals surface area contributed by atoms with Gasteiger partial charge in [0.05, 0.1) is 10.5 Å². The van der Waals surface area contributed by atoms with Crippen LogP contribution in [0, 0.1) is 5.92 Å². The molecule has 1 unspecified atom stereocenters. The first-order valence-electron chi connectivity index (χ1n) is 8.78. The van der Waals surface area contributed by atoms with Crippen molar-refractivity contribution in [1.82, 2.24) is 25.4 Å². The fourth-order valence-electron chi connectivity index (χ4n) is 2.76. The van der Waals surface area contributed by atoms with Gasteiger partial charge in [0.15, 0.2) is 11.3 Å². The van der Waals surface area contributed by atoms with Gasteiger partial charge in [-0.15, -0.1) is 0 Å². The topological polar surface area (TPSA) is 121 Å². The molecule has 2 amide bonds. The lowest BCUT2D eigenvalue weighted by Gasteiger charge is -2.13. The van der Waals surface area contributed by atoms with Gasteiger partial charge in [-0.3, -0.25) is 24.0 Å². The van der Waals surface area contributed by atoms with Crippen LogP contribution in [0.2, 0.25) is 0 Å². The number of hydrogen-bond acceptors (Lipinski definition) is 6. The average molecular weight is 388 g/mol. The van der Waals surface area contributed by atoms with E-state index in [4.69, 9.17) is 0 Å². The van der Waals surface area contributed by atoms with Crippen LogP contribution in [0.1, 0.15) is 37.0 Å². The Hall–Kier alpha value is -2.75. The van der Waals surface area contributed by atoms with Crippen LogP contribution in [0.5, 0.6) is 0 Å². The highest BCUT2D eigenvalue weighted by Crippen LogP contribution is 2.40. The van der Waals surface area contributed by atoms with Gasteiger partial charge >= 0.3 is 0 Å². The van der Waals surface area contributed by atoms with Crippen LogP contribution in [0.25, 0.3) is 5.82 Å². The fraction of sp³-hybridized carbons (Fsp3) is 0.412. The minimum atomic E-state index is -0.316. The molecule has 0 aromatic carbocycles. The van der Waals surface area contributed by atoms with Crippen LogP contribution in [-0.4, -0.2) is 38.1 Å². The molecule has 142 valence electrons. The molecule has 10 heteroatoms. The van der Waals surface area contributed by atoms with Gasteiger partial charge < -0.3 is 16.0 Å². The molecule has 2 aromatic rings. The van der Waals surface area contributed by atoms with E-state index in [9.17, 15) is 14.4 Å². The predicted octanol–water partition coefficient (Wildman–Crippen LogP) is 1.03. The first-order chi connectivity index (χ1) is 12.9. The molecule has 0 radical (unpaired) electrons. The Morgan fingerprint density at radius 3 is 2.81 bits per heavy atom. The van der Waals surface area contributed by atoms with E-state index in [1.165, 1.54) is 34.7 Å². The highest BCUT2D eigenvalue weighted by molar-refractivity contribution is 8.00. The molecule has 1 atom stereocenters. The van der Waals surface area contributed by atoms with Gasteiger partial charge in [0.25, 0.3) is 11.5 Å². The van der Waals surface area contributed by atoms with E-state index in [0.29, 0.717) is 17.2 Å². The number of carbonyl (C=O) groups excluding carboxylic acids is 2. The van der Waals surface area contributed by atoms with Crippen molar-refractivity contribution < 1.29 is 9.59 Å². The highest BCUT2D eigenvalue weighted by atomic mass is 32.2. The summed E-state index contributed by atoms with van der Waals surface area (Å²) in [7, 11) is 0. The Bertz CT molecular complexity index is 962. The molecule has 3 heterocycles. The lowest BCUT2D eigenvalue weighted by Crippen LogP contribution is -2.37. The van der Waals surface area contributed by atoms with Gasteiger partial charge in [-0.1, -0.05) is 11.8 Å². The van der Waals surface area contributed by atoms with E-state index in [0.717, 1.165) is 17.7 Å². The van der Waals surface area contributed by atoms with Gasteiger partial charge in [0, 0.05) is 24.2 Å². The number of thioether (sulfide) groups is 1. The molecule has 9 nitrogen and oxygen atoms in total. The van der Waals surface area contributed by atoms with Crippen LogP contribution in [0.4, 0.5) is 5.82 Å². The molecule has 0 bridgehead atoms. The van der Waals surface area contributed by atoms with Crippen molar-refractivity contribution in [2.75, 3.05) is 5.32 Å². The third-order valence-electron chi connectivity index (χ3n) is 4.26. The number of aromatic nitrogens is 3. The number of H-pyrrole nitrogens is 1. The Morgan fingerprint density at radius 1 is 1.33 bits per heavy atom. The Kier molecular flexibility index (Phi) is 4.42. The number of rotatable bonds is 5. The SMILES string of the molecule is CC(C)NC(=O)c1ccc(=O)n(-c2n[nH]c3c2SC(NC(=O)C2CC2)N3)c1. The third-order valence-corrected chi connectivity index (χ3v) is 5.35. The number of nitrogens with one attached hydrogen (secondary N) is 4. The van der Waals surface area contributed by atoms with E-state index < -0.39 is 0 Å². The van der Waals surface area contributed by atoms with E-state index in [1.54, 1.807) is 0 Å². The van der Waals surface area contributed by atoms with Crippen molar-refractivity contribution in [1.29, 1.82) is 0 Å². The molecular formula is C17H20N6O3S. The Balaban J connectivity index is 1.58. The number of carbonyl (C=O) groups is 2. The Labute approximate surface area is 159 Å². The zero-order valence-corrected chi connectivity index (χ0v) is 15.7. The summed E-state index contributed by atoms with van der Waals surface area (Å²) in [5.74, 6) is 0.924. The monoisotopic (exact) mass is 388 g/mol. The van der Waals surface area contributed by atoms with Gasteiger partial charge in [0.1, 0.15) is 5.82 Å². The number of anilines is 1. The second-order valence-electron chi connectivity index (χ2n) is 6.93. The van der Waals surface area contributed by atoms with Crippen molar-refractivity contribution >= 4 is 29.4 Å². The van der Waals surface area contributed by atoms with Gasteiger partial charge in [0.2, 0.25) is 5.91 Å². The smallest absolute Gasteiger partial charge is 0.256 e. The van der Waals surface area contributed by atoms with Crippen molar-refractivity contribution in [2.45, 2.75) is 43.1 Å². The number of fused-ring (bicyclic) bond motifs is 1. The maximum atomic E-state index is 12.3. The van der Waals surface area contributed by atoms with Crippen LogP contribution in [0.3, 0.4) is 0 Å². The minimum absolute atomic E-state index is 0.0110. The second kappa shape index (κ2) is 6.76. The maximum absolute atomic E-state index is 12.3. The molecule has 1 aliphatic heterocycles. The third kappa shape index (κ3) is 3.57. The summed E-state index contributed by atoms with van der Waals surface area (Å²) < 4.78 is 1.34. The summed E-state index contributed by atoms with van der Waals surface area (Å²) in [6, 6.07) is 2.83. The van der Waals surface area contributed by atoms with Gasteiger partial charge in [-0.2, -0.15) is 5.10 Å². The standard InChI is InChI=1S/C17H20N6O3S/c1-8(2)18-16(26)10-5-6-11(24)23(7-10)14-12-13(21-22-14)19-17(27-12)20-15(25)9-3-4-9/h5-9,17H,3-4H2,1-2H3,(H,18,26)(H,20,25)(H2,19,21,22). The maximum Gasteiger partial charge on any atom is 0.256 e. The molecule has 1 saturated carbocycles. The van der Waals surface area contributed by atoms with Crippen LogP contribution >= 0.6 is 11.8 Å². The highest BCUT2D eigenvalue weighted by Gasteiger charge is 2.34. The fourth-order valence-corrected chi connectivity index (χ4v) is 3.82. The van der Waals surface area contributed by atoms with E-state index in [2.05, 4.69) is 26.1 Å². The normalized spacial score (nSPS) is 18.1. The van der Waals surface area contributed by atoms with E-state index in [1.807, 2.05) is 13.8 Å². The molecule has 0 spiro atoms. The molecule has 4 rings (SSSR count). The minimum Gasteiger partial charge on any atom is -0.350 e. The predicted molar refractivity (Wildman–Crippen MR) is 101 cm³/mol. The quantitative estimate of drug-likeness (QED) is 0.607. The van der Waals surface area contributed by atoms with Gasteiger partial charge in [-0.25, -0.2) is 0 Å². The average Bonchev–Trinajstić information content (AvgIpc) is 3.29. The number of amides is 2. The lowest BCUT2D eigenvalue weighted by atomic mass is 10.2. The molecular weight excluding hydrogens is 368 g/mol. The largest absolute Gasteiger partial charge is 0.350 e. The Morgan fingerprint density at radius 2 is 2.11 bits per heavy atom. The van der Waals surface area contributed by atoms with Crippen LogP contribution in [-0.2, 0) is 4.79 Å². The second-order valence-corrected chi connectivity index (χ2v) is 8.05. The van der Waals surface area contributed by atoms with Crippen molar-refractivity contribution in [3.8, 4) is 5.82 Å². The van der Waals surface area contributed by atoms with Crippen molar-refractivity contribution in [3.05, 3.63) is 34.2 Å². The van der Waals surface area contributed by atoms with E-state index >= 15 is 0 Å². The number of hydrogen-bond donors (Lipinski definition) is 4. The summed E-state index contributed by atoms with van der Waals surface area (Å²) in [6.07, 6.45) is 3.34. The zero-order valence-electron chi connectivity index (χ0n) is 14.9. The lowest BCUT2D eigenvalue weighted by molar-refractivity contribution is -0.122. The first kappa shape index (κ1) is 17.7. The van der Waals surface area contributed by atoms with Gasteiger partial charge in [-0.05, 0) is 32.8 Å². The van der Waals surface area contributed by atoms with Crippen LogP contribution < -0.4 is 21.5 Å². The van der Waals surface area contributed by atoms with Crippen LogP contribution in [0.15, 0.2) is 28.0 Å². The number of pyridine rings is 1. The number of aromatic amines is 1. The number of nitrogens with zero attached hydrogens (tertiary/aromatic N) is 2. The summed E-state index contributed by atoms with van der Waals surface area (Å²) in [5, 5.41) is 15.9. The van der Waals surface area contributed by atoms with E-state index in [-0.39, 0.29) is 34.8 Å². The molecule has 2 aromatic heterocycles. The molecule has 1 fully saturated rings. The molecule has 1 aliphatic carbocycles. The summed E-state index contributed by atoms with van der Waals surface area (Å²) in [6.45, 7) is 3.74. The molecule has 4 N–H and O–H groups in total. The summed E-state index contributed by atoms with van der Waals surface area (Å²) in [4.78, 5) is 37.3. The van der Waals surface area contributed by atoms with Crippen molar-refractivity contribution in [3.63, 3.8) is 0 Å².